The fraction of sp³-hybridized carbons (Fsp3) is 0.889. The molecule has 136 valence electrons. The fourth-order valence-corrected chi connectivity index (χ4v) is 4.46. The van der Waals surface area contributed by atoms with Crippen molar-refractivity contribution >= 4 is 11.9 Å². The Labute approximate surface area is 145 Å². The van der Waals surface area contributed by atoms with Crippen LogP contribution in [0.15, 0.2) is 0 Å². The molecule has 1 atom stereocenters. The van der Waals surface area contributed by atoms with Gasteiger partial charge in [-0.1, -0.05) is 19.3 Å². The summed E-state index contributed by atoms with van der Waals surface area (Å²) in [5, 5.41) is 9.03. The normalized spacial score (nSPS) is 27.1. The quantitative estimate of drug-likeness (QED) is 0.729. The van der Waals surface area contributed by atoms with Crippen molar-refractivity contribution in [1.82, 2.24) is 20.9 Å². The number of likely N-dealkylation sites (tertiary alicyclic amines) is 1. The molecule has 3 amide bonds. The maximum atomic E-state index is 12.1. The van der Waals surface area contributed by atoms with Crippen LogP contribution in [0.1, 0.15) is 57.8 Å². The second-order valence-corrected chi connectivity index (χ2v) is 7.67. The van der Waals surface area contributed by atoms with Gasteiger partial charge >= 0.3 is 6.03 Å². The maximum absolute atomic E-state index is 12.1. The molecule has 3 fully saturated rings. The van der Waals surface area contributed by atoms with Crippen LogP contribution in [0.2, 0.25) is 0 Å². The van der Waals surface area contributed by atoms with Crippen LogP contribution in [-0.2, 0) is 4.79 Å². The Morgan fingerprint density at radius 3 is 2.38 bits per heavy atom. The summed E-state index contributed by atoms with van der Waals surface area (Å²) in [5.74, 6) is 0.571. The van der Waals surface area contributed by atoms with Crippen molar-refractivity contribution in [3.8, 4) is 0 Å². The zero-order valence-corrected chi connectivity index (χ0v) is 14.7. The molecule has 0 radical (unpaired) electrons. The molecule has 24 heavy (non-hydrogen) atoms. The number of nitrogens with one attached hydrogen (secondary N) is 3. The Kier molecular flexibility index (Phi) is 6.49. The standard InChI is InChI=1S/C18H32N4O2/c23-17(21-18(24)20-15-5-2-1-3-6-15)13-22-11-8-14(9-12-22)16-7-4-10-19-16/h14-16,19H,1-13H2,(H2,20,21,23,24). The summed E-state index contributed by atoms with van der Waals surface area (Å²) in [5.41, 5.74) is 0. The molecule has 2 saturated heterocycles. The minimum absolute atomic E-state index is 0.180. The number of hydrogen-bond acceptors (Lipinski definition) is 4. The number of carbonyl (C=O) groups excluding carboxylic acids is 2. The SMILES string of the molecule is O=C(CN1CCC(C2CCCN2)CC1)NC(=O)NC1CCCCC1. The average molecular weight is 336 g/mol. The lowest BCUT2D eigenvalue weighted by Crippen LogP contribution is -2.49. The third kappa shape index (κ3) is 5.18. The van der Waals surface area contributed by atoms with Crippen molar-refractivity contribution in [2.75, 3.05) is 26.2 Å². The van der Waals surface area contributed by atoms with Crippen LogP contribution in [-0.4, -0.2) is 55.1 Å². The van der Waals surface area contributed by atoms with Crippen LogP contribution in [0.25, 0.3) is 0 Å². The van der Waals surface area contributed by atoms with Gasteiger partial charge in [0.25, 0.3) is 0 Å². The molecule has 1 unspecified atom stereocenters. The number of hydrogen-bond donors (Lipinski definition) is 3. The molecule has 3 N–H and O–H groups in total. The van der Waals surface area contributed by atoms with Crippen LogP contribution < -0.4 is 16.0 Å². The number of imide groups is 1. The van der Waals surface area contributed by atoms with Crippen molar-refractivity contribution in [3.05, 3.63) is 0 Å². The molecule has 0 aromatic rings. The van der Waals surface area contributed by atoms with Gasteiger partial charge in [-0.3, -0.25) is 15.0 Å². The summed E-state index contributed by atoms with van der Waals surface area (Å²) in [6, 6.07) is 0.598. The highest BCUT2D eigenvalue weighted by atomic mass is 16.2. The van der Waals surface area contributed by atoms with Crippen molar-refractivity contribution < 1.29 is 9.59 Å². The predicted molar refractivity (Wildman–Crippen MR) is 93.7 cm³/mol. The van der Waals surface area contributed by atoms with E-state index in [4.69, 9.17) is 0 Å². The molecular weight excluding hydrogens is 304 g/mol. The number of piperidine rings is 1. The molecular formula is C18H32N4O2. The van der Waals surface area contributed by atoms with Crippen LogP contribution >= 0.6 is 0 Å². The Morgan fingerprint density at radius 1 is 0.958 bits per heavy atom. The van der Waals surface area contributed by atoms with Gasteiger partial charge in [0.2, 0.25) is 5.91 Å². The highest BCUT2D eigenvalue weighted by Gasteiger charge is 2.29. The topological polar surface area (TPSA) is 73.5 Å². The number of rotatable bonds is 4. The second kappa shape index (κ2) is 8.81. The van der Waals surface area contributed by atoms with Crippen molar-refractivity contribution in [2.45, 2.75) is 69.9 Å². The second-order valence-electron chi connectivity index (χ2n) is 7.67. The third-order valence-corrected chi connectivity index (χ3v) is 5.86. The summed E-state index contributed by atoms with van der Waals surface area (Å²) in [6.07, 6.45) is 10.6. The van der Waals surface area contributed by atoms with Gasteiger partial charge in [0.15, 0.2) is 0 Å². The minimum atomic E-state index is -0.322. The smallest absolute Gasteiger partial charge is 0.321 e. The zero-order chi connectivity index (χ0) is 16.8. The van der Waals surface area contributed by atoms with Gasteiger partial charge < -0.3 is 10.6 Å². The molecule has 2 aliphatic heterocycles. The summed E-state index contributed by atoms with van der Waals surface area (Å²) in [6.45, 7) is 3.41. The van der Waals surface area contributed by atoms with E-state index < -0.39 is 0 Å². The fourth-order valence-electron chi connectivity index (χ4n) is 4.46. The zero-order valence-electron chi connectivity index (χ0n) is 14.7. The molecule has 3 rings (SSSR count). The van der Waals surface area contributed by atoms with E-state index in [0.717, 1.165) is 51.2 Å². The highest BCUT2D eigenvalue weighted by molar-refractivity contribution is 5.95. The van der Waals surface area contributed by atoms with Crippen LogP contribution in [0.5, 0.6) is 0 Å². The lowest BCUT2D eigenvalue weighted by molar-refractivity contribution is -0.121. The molecule has 0 aromatic carbocycles. The van der Waals surface area contributed by atoms with E-state index in [1.165, 1.54) is 32.1 Å². The highest BCUT2D eigenvalue weighted by Crippen LogP contribution is 2.25. The number of amides is 3. The lowest BCUT2D eigenvalue weighted by Gasteiger charge is -2.34. The van der Waals surface area contributed by atoms with Crippen molar-refractivity contribution in [2.24, 2.45) is 5.92 Å². The first-order chi connectivity index (χ1) is 11.7. The van der Waals surface area contributed by atoms with Crippen molar-refractivity contribution in [3.63, 3.8) is 0 Å². The Morgan fingerprint density at radius 2 is 1.71 bits per heavy atom. The van der Waals surface area contributed by atoms with Gasteiger partial charge in [0.05, 0.1) is 6.54 Å². The number of urea groups is 1. The van der Waals surface area contributed by atoms with E-state index in [0.29, 0.717) is 12.6 Å². The first-order valence-electron chi connectivity index (χ1n) is 9.77. The molecule has 3 aliphatic rings. The summed E-state index contributed by atoms with van der Waals surface area (Å²) < 4.78 is 0. The van der Waals surface area contributed by atoms with E-state index in [1.807, 2.05) is 0 Å². The largest absolute Gasteiger partial charge is 0.335 e. The van der Waals surface area contributed by atoms with E-state index in [9.17, 15) is 9.59 Å². The minimum Gasteiger partial charge on any atom is -0.335 e. The van der Waals surface area contributed by atoms with Gasteiger partial charge in [-0.15, -0.1) is 0 Å². The van der Waals surface area contributed by atoms with Gasteiger partial charge in [-0.05, 0) is 64.1 Å². The number of carbonyl (C=O) groups is 2. The molecule has 2 heterocycles. The molecule has 6 nitrogen and oxygen atoms in total. The van der Waals surface area contributed by atoms with Gasteiger partial charge in [-0.25, -0.2) is 4.79 Å². The first-order valence-corrected chi connectivity index (χ1v) is 9.77. The Hall–Kier alpha value is -1.14. The van der Waals surface area contributed by atoms with Gasteiger partial charge in [0.1, 0.15) is 0 Å². The summed E-state index contributed by atoms with van der Waals surface area (Å²) in [4.78, 5) is 26.2. The molecule has 1 aliphatic carbocycles. The van der Waals surface area contributed by atoms with Gasteiger partial charge in [-0.2, -0.15) is 0 Å². The monoisotopic (exact) mass is 336 g/mol. The number of nitrogens with zero attached hydrogens (tertiary/aromatic N) is 1. The van der Waals surface area contributed by atoms with Crippen LogP contribution in [0, 0.1) is 5.92 Å². The van der Waals surface area contributed by atoms with E-state index >= 15 is 0 Å². The van der Waals surface area contributed by atoms with E-state index in [-0.39, 0.29) is 18.0 Å². The van der Waals surface area contributed by atoms with Gasteiger partial charge in [0, 0.05) is 12.1 Å². The van der Waals surface area contributed by atoms with Crippen LogP contribution in [0.4, 0.5) is 4.79 Å². The maximum Gasteiger partial charge on any atom is 0.321 e. The third-order valence-electron chi connectivity index (χ3n) is 5.86. The summed E-state index contributed by atoms with van der Waals surface area (Å²) >= 11 is 0. The predicted octanol–water partition coefficient (Wildman–Crippen LogP) is 1.61. The summed E-state index contributed by atoms with van der Waals surface area (Å²) in [7, 11) is 0. The first kappa shape index (κ1) is 17.7. The molecule has 0 bridgehead atoms. The van der Waals surface area contributed by atoms with Crippen LogP contribution in [0.3, 0.4) is 0 Å². The molecule has 0 spiro atoms. The van der Waals surface area contributed by atoms with Crippen molar-refractivity contribution in [1.29, 1.82) is 0 Å². The van der Waals surface area contributed by atoms with E-state index in [2.05, 4.69) is 20.9 Å². The average Bonchev–Trinajstić information content (AvgIpc) is 3.10. The molecule has 0 aromatic heterocycles. The van der Waals surface area contributed by atoms with E-state index in [1.54, 1.807) is 0 Å². The molecule has 6 heteroatoms. The Bertz CT molecular complexity index is 423. The Balaban J connectivity index is 1.32. The molecule has 1 saturated carbocycles. The lowest BCUT2D eigenvalue weighted by atomic mass is 9.88.